The van der Waals surface area contributed by atoms with Crippen LogP contribution in [-0.4, -0.2) is 37.6 Å². The zero-order valence-corrected chi connectivity index (χ0v) is 12.4. The summed E-state index contributed by atoms with van der Waals surface area (Å²) in [6.45, 7) is 1.75. The Hall–Kier alpha value is -2.24. The molecule has 0 saturated carbocycles. The van der Waals surface area contributed by atoms with Gasteiger partial charge in [-0.15, -0.1) is 0 Å². The Bertz CT molecular complexity index is 573. The molecule has 0 bridgehead atoms. The van der Waals surface area contributed by atoms with E-state index >= 15 is 0 Å². The van der Waals surface area contributed by atoms with Gasteiger partial charge in [0.1, 0.15) is 19.3 Å². The number of amides is 2. The fraction of sp³-hybridized carbons (Fsp3) is 0.500. The standard InChI is InChI=1S/C16H20N2O4/c19-15(18-12-3-1-2-6-17-16(12)20)10-11-4-5-13-14(9-11)22-8-7-21-13/h4-5,9,12H,1-3,6-8,10H2,(H,17,20)(H,18,19). The molecule has 6 nitrogen and oxygen atoms in total. The van der Waals surface area contributed by atoms with Gasteiger partial charge in [-0.25, -0.2) is 0 Å². The molecule has 2 aliphatic heterocycles. The van der Waals surface area contributed by atoms with Gasteiger partial charge >= 0.3 is 0 Å². The van der Waals surface area contributed by atoms with E-state index in [1.54, 1.807) is 0 Å². The van der Waals surface area contributed by atoms with Crippen molar-refractivity contribution in [3.8, 4) is 11.5 Å². The van der Waals surface area contributed by atoms with Gasteiger partial charge in [-0.05, 0) is 37.0 Å². The molecule has 2 heterocycles. The number of carbonyl (C=O) groups excluding carboxylic acids is 2. The summed E-state index contributed by atoms with van der Waals surface area (Å²) in [7, 11) is 0. The summed E-state index contributed by atoms with van der Waals surface area (Å²) in [6.07, 6.45) is 2.81. The van der Waals surface area contributed by atoms with Gasteiger partial charge < -0.3 is 20.1 Å². The zero-order valence-electron chi connectivity index (χ0n) is 12.4. The van der Waals surface area contributed by atoms with Crippen molar-refractivity contribution in [2.45, 2.75) is 31.7 Å². The van der Waals surface area contributed by atoms with E-state index < -0.39 is 6.04 Å². The number of ether oxygens (including phenoxy) is 2. The topological polar surface area (TPSA) is 76.7 Å². The van der Waals surface area contributed by atoms with Crippen LogP contribution in [-0.2, 0) is 16.0 Å². The van der Waals surface area contributed by atoms with Crippen LogP contribution in [0, 0.1) is 0 Å². The van der Waals surface area contributed by atoms with Crippen LogP contribution in [0.25, 0.3) is 0 Å². The summed E-state index contributed by atoms with van der Waals surface area (Å²) in [5.41, 5.74) is 0.843. The Labute approximate surface area is 129 Å². The lowest BCUT2D eigenvalue weighted by atomic mass is 10.1. The molecule has 2 amide bonds. The molecule has 0 radical (unpaired) electrons. The molecule has 2 aliphatic rings. The average Bonchev–Trinajstić information content (AvgIpc) is 2.72. The molecule has 1 atom stereocenters. The second kappa shape index (κ2) is 6.68. The maximum absolute atomic E-state index is 12.1. The van der Waals surface area contributed by atoms with Crippen molar-refractivity contribution >= 4 is 11.8 Å². The third-order valence-corrected chi connectivity index (χ3v) is 3.84. The lowest BCUT2D eigenvalue weighted by Gasteiger charge is -2.19. The van der Waals surface area contributed by atoms with Gasteiger partial charge in [0.05, 0.1) is 6.42 Å². The molecule has 1 aromatic rings. The largest absolute Gasteiger partial charge is 0.486 e. The molecule has 6 heteroatoms. The second-order valence-electron chi connectivity index (χ2n) is 5.56. The molecule has 0 spiro atoms. The molecule has 3 rings (SSSR count). The first-order valence-electron chi connectivity index (χ1n) is 7.68. The number of carbonyl (C=O) groups is 2. The van der Waals surface area contributed by atoms with Crippen LogP contribution in [0.15, 0.2) is 18.2 Å². The van der Waals surface area contributed by atoms with Crippen LogP contribution in [0.3, 0.4) is 0 Å². The number of fused-ring (bicyclic) bond motifs is 1. The smallest absolute Gasteiger partial charge is 0.242 e. The fourth-order valence-electron chi connectivity index (χ4n) is 2.71. The second-order valence-corrected chi connectivity index (χ2v) is 5.56. The Morgan fingerprint density at radius 2 is 2.05 bits per heavy atom. The summed E-state index contributed by atoms with van der Waals surface area (Å²) >= 11 is 0. The van der Waals surface area contributed by atoms with Gasteiger partial charge in [0.2, 0.25) is 11.8 Å². The fourth-order valence-corrected chi connectivity index (χ4v) is 2.71. The van der Waals surface area contributed by atoms with E-state index in [0.29, 0.717) is 37.7 Å². The first kappa shape index (κ1) is 14.7. The molecular formula is C16H20N2O4. The molecule has 1 unspecified atom stereocenters. The van der Waals surface area contributed by atoms with Crippen LogP contribution < -0.4 is 20.1 Å². The van der Waals surface area contributed by atoms with Crippen molar-refractivity contribution in [1.29, 1.82) is 0 Å². The van der Waals surface area contributed by atoms with Crippen molar-refractivity contribution in [3.05, 3.63) is 23.8 Å². The maximum atomic E-state index is 12.1. The summed E-state index contributed by atoms with van der Waals surface area (Å²) in [6, 6.07) is 5.06. The predicted molar refractivity (Wildman–Crippen MR) is 79.9 cm³/mol. The van der Waals surface area contributed by atoms with Gasteiger partial charge in [0.25, 0.3) is 0 Å². The average molecular weight is 304 g/mol. The normalized spacial score (nSPS) is 20.7. The zero-order chi connectivity index (χ0) is 15.4. The number of hydrogen-bond acceptors (Lipinski definition) is 4. The highest BCUT2D eigenvalue weighted by Crippen LogP contribution is 2.30. The molecule has 1 aromatic carbocycles. The quantitative estimate of drug-likeness (QED) is 0.865. The van der Waals surface area contributed by atoms with Gasteiger partial charge in [-0.1, -0.05) is 6.07 Å². The summed E-state index contributed by atoms with van der Waals surface area (Å²) in [5, 5.41) is 5.63. The SMILES string of the molecule is O=C(Cc1ccc2c(c1)OCCO2)NC1CCCCNC1=O. The highest BCUT2D eigenvalue weighted by molar-refractivity contribution is 5.88. The summed E-state index contributed by atoms with van der Waals surface area (Å²) in [4.78, 5) is 24.0. The van der Waals surface area contributed by atoms with E-state index in [1.807, 2.05) is 18.2 Å². The van der Waals surface area contributed by atoms with Crippen molar-refractivity contribution in [3.63, 3.8) is 0 Å². The molecular weight excluding hydrogens is 284 g/mol. The van der Waals surface area contributed by atoms with E-state index in [1.165, 1.54) is 0 Å². The Morgan fingerprint density at radius 3 is 2.91 bits per heavy atom. The highest BCUT2D eigenvalue weighted by atomic mass is 16.6. The molecule has 0 aliphatic carbocycles. The third kappa shape index (κ3) is 3.50. The summed E-state index contributed by atoms with van der Waals surface area (Å²) in [5.74, 6) is 1.13. The Balaban J connectivity index is 1.60. The molecule has 1 saturated heterocycles. The van der Waals surface area contributed by atoms with Crippen molar-refractivity contribution < 1.29 is 19.1 Å². The lowest BCUT2D eigenvalue weighted by Crippen LogP contribution is -2.45. The third-order valence-electron chi connectivity index (χ3n) is 3.84. The molecule has 22 heavy (non-hydrogen) atoms. The minimum Gasteiger partial charge on any atom is -0.486 e. The van der Waals surface area contributed by atoms with E-state index in [-0.39, 0.29) is 18.2 Å². The predicted octanol–water partition coefficient (Wildman–Crippen LogP) is 0.785. The van der Waals surface area contributed by atoms with E-state index in [9.17, 15) is 9.59 Å². The van der Waals surface area contributed by atoms with Gasteiger partial charge in [-0.3, -0.25) is 9.59 Å². The van der Waals surface area contributed by atoms with E-state index in [2.05, 4.69) is 10.6 Å². The number of nitrogens with one attached hydrogen (secondary N) is 2. The minimum absolute atomic E-state index is 0.0898. The van der Waals surface area contributed by atoms with Crippen LogP contribution >= 0.6 is 0 Å². The van der Waals surface area contributed by atoms with Crippen LogP contribution in [0.5, 0.6) is 11.5 Å². The van der Waals surface area contributed by atoms with Gasteiger partial charge in [0.15, 0.2) is 11.5 Å². The highest BCUT2D eigenvalue weighted by Gasteiger charge is 2.22. The van der Waals surface area contributed by atoms with Crippen molar-refractivity contribution in [2.75, 3.05) is 19.8 Å². The van der Waals surface area contributed by atoms with E-state index in [4.69, 9.17) is 9.47 Å². The minimum atomic E-state index is -0.424. The Kier molecular flexibility index (Phi) is 4.46. The molecule has 0 aromatic heterocycles. The molecule has 118 valence electrons. The van der Waals surface area contributed by atoms with Gasteiger partial charge in [-0.2, -0.15) is 0 Å². The van der Waals surface area contributed by atoms with Crippen LogP contribution in [0.1, 0.15) is 24.8 Å². The lowest BCUT2D eigenvalue weighted by molar-refractivity contribution is -0.128. The van der Waals surface area contributed by atoms with Crippen LogP contribution in [0.2, 0.25) is 0 Å². The van der Waals surface area contributed by atoms with Crippen LogP contribution in [0.4, 0.5) is 0 Å². The summed E-state index contributed by atoms with van der Waals surface area (Å²) < 4.78 is 11.0. The number of rotatable bonds is 3. The monoisotopic (exact) mass is 304 g/mol. The van der Waals surface area contributed by atoms with Crippen molar-refractivity contribution in [2.24, 2.45) is 0 Å². The molecule has 1 fully saturated rings. The van der Waals surface area contributed by atoms with Gasteiger partial charge in [0, 0.05) is 6.54 Å². The first-order chi connectivity index (χ1) is 10.7. The van der Waals surface area contributed by atoms with E-state index in [0.717, 1.165) is 18.4 Å². The van der Waals surface area contributed by atoms with Crippen molar-refractivity contribution in [1.82, 2.24) is 10.6 Å². The first-order valence-corrected chi connectivity index (χ1v) is 7.68. The Morgan fingerprint density at radius 1 is 1.23 bits per heavy atom. The maximum Gasteiger partial charge on any atom is 0.242 e. The number of hydrogen-bond donors (Lipinski definition) is 2. The number of benzene rings is 1. The molecule has 2 N–H and O–H groups in total.